The second kappa shape index (κ2) is 5.11. The Morgan fingerprint density at radius 2 is 1.75 bits per heavy atom. The Kier molecular flexibility index (Phi) is 3.44. The highest BCUT2D eigenvalue weighted by molar-refractivity contribution is 5.78. The molecule has 20 heavy (non-hydrogen) atoms. The van der Waals surface area contributed by atoms with Gasteiger partial charge >= 0.3 is 0 Å². The number of benzene rings is 1. The van der Waals surface area contributed by atoms with E-state index in [2.05, 4.69) is 0 Å². The lowest BCUT2D eigenvalue weighted by Gasteiger charge is -2.44. The molecule has 1 amide bonds. The molecule has 3 rings (SSSR count). The zero-order chi connectivity index (χ0) is 14.3. The summed E-state index contributed by atoms with van der Waals surface area (Å²) in [4.78, 5) is 13.7. The van der Waals surface area contributed by atoms with Gasteiger partial charge in [-0.1, -0.05) is 0 Å². The summed E-state index contributed by atoms with van der Waals surface area (Å²) in [6, 6.07) is 2.14. The minimum absolute atomic E-state index is 0.00531. The van der Waals surface area contributed by atoms with Crippen LogP contribution in [-0.2, 0) is 4.79 Å². The number of nitrogens with zero attached hydrogens (tertiary/aromatic N) is 1. The van der Waals surface area contributed by atoms with Crippen molar-refractivity contribution in [3.05, 3.63) is 35.1 Å². The normalized spacial score (nSPS) is 26.6. The highest BCUT2D eigenvalue weighted by atomic mass is 19.2. The Hall–Kier alpha value is -1.52. The van der Waals surface area contributed by atoms with Gasteiger partial charge in [0, 0.05) is 24.9 Å². The molecule has 0 radical (unpaired) electrons. The van der Waals surface area contributed by atoms with E-state index in [4.69, 9.17) is 0 Å². The second-order valence-electron chi connectivity index (χ2n) is 5.59. The summed E-state index contributed by atoms with van der Waals surface area (Å²) < 4.78 is 39.9. The van der Waals surface area contributed by atoms with Crippen LogP contribution in [0.3, 0.4) is 0 Å². The van der Waals surface area contributed by atoms with Gasteiger partial charge in [0.05, 0.1) is 0 Å². The smallest absolute Gasteiger partial charge is 0.222 e. The molecule has 0 spiro atoms. The number of amides is 1. The molecule has 2 heterocycles. The lowest BCUT2D eigenvalue weighted by Crippen LogP contribution is -2.50. The molecule has 0 aromatic heterocycles. The van der Waals surface area contributed by atoms with E-state index in [9.17, 15) is 18.0 Å². The van der Waals surface area contributed by atoms with Gasteiger partial charge in [-0.2, -0.15) is 0 Å². The first-order valence-electron chi connectivity index (χ1n) is 7.02. The van der Waals surface area contributed by atoms with Gasteiger partial charge < -0.3 is 4.90 Å². The zero-order valence-corrected chi connectivity index (χ0v) is 11.0. The fourth-order valence-corrected chi connectivity index (χ4v) is 3.48. The van der Waals surface area contributed by atoms with Crippen molar-refractivity contribution in [1.82, 2.24) is 4.90 Å². The van der Waals surface area contributed by atoms with E-state index >= 15 is 0 Å². The first kappa shape index (κ1) is 13.5. The van der Waals surface area contributed by atoms with Gasteiger partial charge in [0.15, 0.2) is 17.5 Å². The minimum Gasteiger partial charge on any atom is -0.339 e. The molecular weight excluding hydrogens is 267 g/mol. The molecule has 108 valence electrons. The fraction of sp³-hybridized carbons (Fsp3) is 0.533. The van der Waals surface area contributed by atoms with Gasteiger partial charge in [-0.15, -0.1) is 0 Å². The summed E-state index contributed by atoms with van der Waals surface area (Å²) in [7, 11) is 0. The van der Waals surface area contributed by atoms with Crippen LogP contribution in [0.25, 0.3) is 0 Å². The third-order valence-corrected chi connectivity index (χ3v) is 4.44. The molecule has 2 fully saturated rings. The predicted molar refractivity (Wildman–Crippen MR) is 67.6 cm³/mol. The Morgan fingerprint density at radius 1 is 1.05 bits per heavy atom. The Morgan fingerprint density at radius 3 is 2.45 bits per heavy atom. The topological polar surface area (TPSA) is 20.3 Å². The molecule has 0 bridgehead atoms. The molecular formula is C15H16F3NO. The van der Waals surface area contributed by atoms with Crippen LogP contribution in [-0.4, -0.2) is 23.4 Å². The SMILES string of the molecule is O=C1CCC(c2cc(F)c(F)c(F)c2)C2CCCCN12. The molecule has 2 saturated heterocycles. The van der Waals surface area contributed by atoms with Crippen molar-refractivity contribution >= 4 is 5.91 Å². The van der Waals surface area contributed by atoms with Crippen molar-refractivity contribution in [1.29, 1.82) is 0 Å². The quantitative estimate of drug-likeness (QED) is 0.724. The average molecular weight is 283 g/mol. The number of hydrogen-bond acceptors (Lipinski definition) is 1. The molecule has 2 aliphatic heterocycles. The lowest BCUT2D eigenvalue weighted by atomic mass is 9.79. The van der Waals surface area contributed by atoms with E-state index in [-0.39, 0.29) is 17.9 Å². The van der Waals surface area contributed by atoms with Crippen molar-refractivity contribution in [3.63, 3.8) is 0 Å². The minimum atomic E-state index is -1.43. The molecule has 1 aromatic rings. The van der Waals surface area contributed by atoms with Gasteiger partial charge in [0.2, 0.25) is 5.91 Å². The predicted octanol–water partition coefficient (Wildman–Crippen LogP) is 3.36. The summed E-state index contributed by atoms with van der Waals surface area (Å²) in [5.41, 5.74) is 0.464. The summed E-state index contributed by atoms with van der Waals surface area (Å²) in [6.45, 7) is 0.714. The largest absolute Gasteiger partial charge is 0.339 e. The monoisotopic (exact) mass is 283 g/mol. The van der Waals surface area contributed by atoms with Crippen LogP contribution >= 0.6 is 0 Å². The van der Waals surface area contributed by atoms with Crippen LogP contribution in [0, 0.1) is 17.5 Å². The first-order chi connectivity index (χ1) is 9.58. The summed E-state index contributed by atoms with van der Waals surface area (Å²) in [6.07, 6.45) is 3.79. The average Bonchev–Trinajstić information content (AvgIpc) is 2.45. The molecule has 0 aliphatic carbocycles. The van der Waals surface area contributed by atoms with E-state index in [1.165, 1.54) is 0 Å². The summed E-state index contributed by atoms with van der Waals surface area (Å²) >= 11 is 0. The van der Waals surface area contributed by atoms with Crippen LogP contribution in [0.1, 0.15) is 43.6 Å². The maximum absolute atomic E-state index is 13.4. The van der Waals surface area contributed by atoms with Gasteiger partial charge in [0.1, 0.15) is 0 Å². The number of fused-ring (bicyclic) bond motifs is 1. The molecule has 0 N–H and O–H groups in total. The number of hydrogen-bond donors (Lipinski definition) is 0. The van der Waals surface area contributed by atoms with E-state index in [0.717, 1.165) is 31.4 Å². The molecule has 2 atom stereocenters. The van der Waals surface area contributed by atoms with E-state index < -0.39 is 17.5 Å². The molecule has 2 nitrogen and oxygen atoms in total. The van der Waals surface area contributed by atoms with Crippen LogP contribution in [0.2, 0.25) is 0 Å². The third-order valence-electron chi connectivity index (χ3n) is 4.44. The highest BCUT2D eigenvalue weighted by Gasteiger charge is 2.38. The molecule has 5 heteroatoms. The summed E-state index contributed by atoms with van der Waals surface area (Å²) in [5.74, 6) is -3.72. The molecule has 0 saturated carbocycles. The van der Waals surface area contributed by atoms with Gasteiger partial charge in [-0.05, 0) is 43.4 Å². The van der Waals surface area contributed by atoms with Crippen LogP contribution in [0.15, 0.2) is 12.1 Å². The van der Waals surface area contributed by atoms with E-state index in [1.807, 2.05) is 4.90 Å². The van der Waals surface area contributed by atoms with Crippen molar-refractivity contribution in [2.75, 3.05) is 6.54 Å². The van der Waals surface area contributed by atoms with Gasteiger partial charge in [0.25, 0.3) is 0 Å². The Labute approximate surface area is 115 Å². The van der Waals surface area contributed by atoms with Crippen LogP contribution in [0.5, 0.6) is 0 Å². The zero-order valence-electron chi connectivity index (χ0n) is 11.0. The fourth-order valence-electron chi connectivity index (χ4n) is 3.48. The lowest BCUT2D eigenvalue weighted by molar-refractivity contribution is -0.138. The van der Waals surface area contributed by atoms with E-state index in [1.54, 1.807) is 0 Å². The number of carbonyl (C=O) groups is 1. The Balaban J connectivity index is 1.94. The van der Waals surface area contributed by atoms with Crippen molar-refractivity contribution in [2.45, 2.75) is 44.1 Å². The Bertz CT molecular complexity index is 523. The van der Waals surface area contributed by atoms with Gasteiger partial charge in [-0.25, -0.2) is 13.2 Å². The van der Waals surface area contributed by atoms with Crippen LogP contribution < -0.4 is 0 Å². The van der Waals surface area contributed by atoms with Crippen molar-refractivity contribution < 1.29 is 18.0 Å². The summed E-state index contributed by atoms with van der Waals surface area (Å²) in [5, 5.41) is 0. The van der Waals surface area contributed by atoms with Crippen molar-refractivity contribution in [3.8, 4) is 0 Å². The first-order valence-corrected chi connectivity index (χ1v) is 7.02. The maximum Gasteiger partial charge on any atom is 0.222 e. The number of rotatable bonds is 1. The van der Waals surface area contributed by atoms with Crippen LogP contribution in [0.4, 0.5) is 13.2 Å². The van der Waals surface area contributed by atoms with Gasteiger partial charge in [-0.3, -0.25) is 4.79 Å². The third kappa shape index (κ3) is 2.19. The van der Waals surface area contributed by atoms with Crippen molar-refractivity contribution in [2.24, 2.45) is 0 Å². The second-order valence-corrected chi connectivity index (χ2v) is 5.59. The number of piperidine rings is 2. The molecule has 2 aliphatic rings. The molecule has 2 unspecified atom stereocenters. The van der Waals surface area contributed by atoms with E-state index in [0.29, 0.717) is 24.9 Å². The molecule has 1 aromatic carbocycles. The number of halogens is 3. The standard InChI is InChI=1S/C15H16F3NO/c16-11-7-9(8-12(17)15(11)18)10-4-5-14(20)19-6-2-1-3-13(10)19/h7-8,10,13H,1-6H2. The maximum atomic E-state index is 13.4. The highest BCUT2D eigenvalue weighted by Crippen LogP contribution is 2.38. The number of carbonyl (C=O) groups excluding carboxylic acids is 1.